The minimum Gasteiger partial charge on any atom is -0.423 e. The van der Waals surface area contributed by atoms with Crippen LogP contribution >= 0.6 is 15.9 Å². The molecule has 11 nitrogen and oxygen atoms in total. The number of esters is 3. The molecule has 0 radical (unpaired) electrons. The Kier molecular flexibility index (Phi) is 7.02. The Labute approximate surface area is 144 Å². The number of carbonyl (C=O) groups is 4. The van der Waals surface area contributed by atoms with E-state index in [1.807, 2.05) is 0 Å². The van der Waals surface area contributed by atoms with Crippen LogP contribution in [0, 0.1) is 0 Å². The second kappa shape index (κ2) is 7.53. The van der Waals surface area contributed by atoms with Gasteiger partial charge in [0.05, 0.1) is 0 Å². The first-order chi connectivity index (χ1) is 10.6. The molecule has 0 aliphatic carbocycles. The summed E-state index contributed by atoms with van der Waals surface area (Å²) in [7, 11) is 0. The molecule has 0 aliphatic rings. The van der Waals surface area contributed by atoms with Crippen LogP contribution in [0.5, 0.6) is 0 Å². The molecule has 0 saturated carbocycles. The first kappa shape index (κ1) is 22.4. The van der Waals surface area contributed by atoms with Crippen LogP contribution < -0.4 is 0 Å². The Morgan fingerprint density at radius 2 is 1.25 bits per heavy atom. The van der Waals surface area contributed by atoms with Crippen LogP contribution in [0.2, 0.25) is 0 Å². The van der Waals surface area contributed by atoms with Crippen molar-refractivity contribution < 1.29 is 53.8 Å². The van der Waals surface area contributed by atoms with Crippen LogP contribution in [0.3, 0.4) is 0 Å². The number of hydrogen-bond donors (Lipinski definition) is 4. The molecule has 12 heteroatoms. The zero-order valence-corrected chi connectivity index (χ0v) is 14.7. The average molecular weight is 417 g/mol. The summed E-state index contributed by atoms with van der Waals surface area (Å²) in [6.07, 6.45) is -2.24. The lowest BCUT2D eigenvalue weighted by molar-refractivity contribution is -0.447. The fraction of sp³-hybridized carbons (Fsp3) is 0.667. The number of halogens is 1. The SMILES string of the molecule is CC(=O)O[C@@](O)([C@](O)(OC(C)=O)C(=O)Br)[C@](O)(OC(C)=O)[C@@H](C)O. The van der Waals surface area contributed by atoms with Gasteiger partial charge in [0, 0.05) is 20.8 Å². The van der Waals surface area contributed by atoms with Gasteiger partial charge in [-0.3, -0.25) is 19.2 Å². The van der Waals surface area contributed by atoms with Gasteiger partial charge in [-0.05, 0) is 22.9 Å². The molecule has 0 unspecified atom stereocenters. The largest absolute Gasteiger partial charge is 0.423 e. The summed E-state index contributed by atoms with van der Waals surface area (Å²) in [5, 5.41) is 40.9. The van der Waals surface area contributed by atoms with Crippen LogP contribution in [0.15, 0.2) is 0 Å². The lowest BCUT2D eigenvalue weighted by Crippen LogP contribution is -2.76. The van der Waals surface area contributed by atoms with E-state index in [-0.39, 0.29) is 0 Å². The fourth-order valence-electron chi connectivity index (χ4n) is 1.70. The molecule has 0 aromatic heterocycles. The number of carbonyl (C=O) groups excluding carboxylic acids is 4. The van der Waals surface area contributed by atoms with Crippen LogP contribution in [0.1, 0.15) is 27.7 Å². The van der Waals surface area contributed by atoms with E-state index in [1.54, 1.807) is 0 Å². The number of aliphatic hydroxyl groups excluding tert-OH is 1. The smallest absolute Gasteiger partial charge is 0.355 e. The van der Waals surface area contributed by atoms with E-state index < -0.39 is 46.1 Å². The molecular weight excluding hydrogens is 400 g/mol. The van der Waals surface area contributed by atoms with Crippen molar-refractivity contribution in [3.63, 3.8) is 0 Å². The summed E-state index contributed by atoms with van der Waals surface area (Å²) in [5.74, 6) is -15.4. The molecule has 0 fully saturated rings. The Hall–Kier alpha value is -1.60. The predicted octanol–water partition coefficient (Wildman–Crippen LogP) is -1.96. The molecule has 0 heterocycles. The van der Waals surface area contributed by atoms with Crippen LogP contribution in [0.4, 0.5) is 0 Å². The summed E-state index contributed by atoms with van der Waals surface area (Å²) in [5.41, 5.74) is 0. The second-order valence-electron chi connectivity index (χ2n) is 4.72. The van der Waals surface area contributed by atoms with Crippen molar-refractivity contribution in [2.24, 2.45) is 0 Å². The van der Waals surface area contributed by atoms with E-state index in [0.29, 0.717) is 13.8 Å². The average Bonchev–Trinajstić information content (AvgIpc) is 2.34. The molecule has 0 spiro atoms. The highest BCUT2D eigenvalue weighted by molar-refractivity contribution is 9.18. The van der Waals surface area contributed by atoms with Gasteiger partial charge in [-0.15, -0.1) is 0 Å². The van der Waals surface area contributed by atoms with Gasteiger partial charge in [0.1, 0.15) is 6.10 Å². The van der Waals surface area contributed by atoms with Gasteiger partial charge in [-0.2, -0.15) is 0 Å². The highest BCUT2D eigenvalue weighted by Gasteiger charge is 2.75. The minimum absolute atomic E-state index is 0.689. The van der Waals surface area contributed by atoms with Gasteiger partial charge >= 0.3 is 35.3 Å². The molecule has 4 atom stereocenters. The molecule has 138 valence electrons. The highest BCUT2D eigenvalue weighted by Crippen LogP contribution is 2.41. The first-order valence-corrected chi connectivity index (χ1v) is 7.07. The number of hydrogen-bond acceptors (Lipinski definition) is 11. The van der Waals surface area contributed by atoms with Crippen molar-refractivity contribution in [3.8, 4) is 0 Å². The summed E-state index contributed by atoms with van der Waals surface area (Å²) in [6, 6.07) is 0. The number of aliphatic hydroxyl groups is 4. The molecule has 0 saturated heterocycles. The van der Waals surface area contributed by atoms with E-state index in [0.717, 1.165) is 13.8 Å². The van der Waals surface area contributed by atoms with E-state index in [9.17, 15) is 39.6 Å². The Morgan fingerprint density at radius 1 is 0.875 bits per heavy atom. The predicted molar refractivity (Wildman–Crippen MR) is 75.8 cm³/mol. The summed E-state index contributed by atoms with van der Waals surface area (Å²) in [4.78, 5) is 45.3. The van der Waals surface area contributed by atoms with Gasteiger partial charge in [0.15, 0.2) is 0 Å². The summed E-state index contributed by atoms with van der Waals surface area (Å²) < 4.78 is 11.3. The van der Waals surface area contributed by atoms with Gasteiger partial charge in [0.25, 0.3) is 4.69 Å². The fourth-order valence-corrected chi connectivity index (χ4v) is 2.05. The lowest BCUT2D eigenvalue weighted by atomic mass is 9.92. The molecule has 0 aromatic rings. The minimum atomic E-state index is -3.93. The Bertz CT molecular complexity index is 547. The molecule has 0 amide bonds. The third-order valence-electron chi connectivity index (χ3n) is 2.66. The second-order valence-corrected chi connectivity index (χ2v) is 5.44. The van der Waals surface area contributed by atoms with Gasteiger partial charge in [-0.1, -0.05) is 0 Å². The highest BCUT2D eigenvalue weighted by atomic mass is 79.9. The van der Waals surface area contributed by atoms with E-state index in [1.165, 1.54) is 0 Å². The third-order valence-corrected chi connectivity index (χ3v) is 3.20. The van der Waals surface area contributed by atoms with Crippen molar-refractivity contribution >= 4 is 38.5 Å². The van der Waals surface area contributed by atoms with Gasteiger partial charge < -0.3 is 34.6 Å². The van der Waals surface area contributed by atoms with Crippen molar-refractivity contribution in [2.45, 2.75) is 51.2 Å². The zero-order valence-electron chi connectivity index (χ0n) is 13.1. The van der Waals surface area contributed by atoms with Crippen molar-refractivity contribution in [3.05, 3.63) is 0 Å². The molecule has 4 N–H and O–H groups in total. The maximum absolute atomic E-state index is 11.7. The number of ether oxygens (including phenoxy) is 3. The normalized spacial score (nSPS) is 19.7. The van der Waals surface area contributed by atoms with Gasteiger partial charge in [0.2, 0.25) is 0 Å². The van der Waals surface area contributed by atoms with Crippen LogP contribution in [0.25, 0.3) is 0 Å². The van der Waals surface area contributed by atoms with E-state index in [2.05, 4.69) is 30.1 Å². The van der Waals surface area contributed by atoms with Crippen LogP contribution in [-0.2, 0) is 33.4 Å². The van der Waals surface area contributed by atoms with Crippen LogP contribution in [-0.4, -0.2) is 66.5 Å². The Morgan fingerprint density at radius 3 is 1.50 bits per heavy atom. The summed E-state index contributed by atoms with van der Waals surface area (Å²) in [6.45, 7) is 2.91. The van der Waals surface area contributed by atoms with E-state index >= 15 is 0 Å². The Balaban J connectivity index is 6.65. The topological polar surface area (TPSA) is 177 Å². The van der Waals surface area contributed by atoms with Crippen molar-refractivity contribution in [1.82, 2.24) is 0 Å². The number of rotatable bonds is 7. The monoisotopic (exact) mass is 416 g/mol. The third kappa shape index (κ3) is 4.08. The van der Waals surface area contributed by atoms with Crippen molar-refractivity contribution in [2.75, 3.05) is 0 Å². The molecular formula is C12H17BrO11. The zero-order chi connectivity index (χ0) is 19.5. The van der Waals surface area contributed by atoms with Gasteiger partial charge in [-0.25, -0.2) is 0 Å². The molecule has 0 aromatic carbocycles. The standard InChI is InChI=1S/C12H17BrO11/c1-5(14)10(19,22-6(2)15)12(21,24-8(4)17)11(20,9(13)18)23-7(3)16/h5,14,19-21H,1-4H3/t5-,10-,11-,12-/m1/s1. The molecule has 0 bridgehead atoms. The molecule has 0 aliphatic heterocycles. The lowest BCUT2D eigenvalue weighted by Gasteiger charge is -2.47. The summed E-state index contributed by atoms with van der Waals surface area (Å²) >= 11 is 2.21. The maximum atomic E-state index is 11.7. The van der Waals surface area contributed by atoms with Crippen molar-refractivity contribution in [1.29, 1.82) is 0 Å². The van der Waals surface area contributed by atoms with E-state index in [4.69, 9.17) is 0 Å². The first-order valence-electron chi connectivity index (χ1n) is 6.28. The maximum Gasteiger partial charge on any atom is 0.355 e. The molecule has 0 rings (SSSR count). The quantitative estimate of drug-likeness (QED) is 0.157. The molecule has 24 heavy (non-hydrogen) atoms.